The number of hydrogen-bond donors (Lipinski definition) is 0. The van der Waals surface area contributed by atoms with Crippen LogP contribution < -0.4 is 4.74 Å². The lowest BCUT2D eigenvalue weighted by Gasteiger charge is -2.40. The molecule has 0 amide bonds. The van der Waals surface area contributed by atoms with Gasteiger partial charge in [-0.25, -0.2) is 0 Å². The van der Waals surface area contributed by atoms with Crippen molar-refractivity contribution in [1.29, 1.82) is 0 Å². The predicted molar refractivity (Wildman–Crippen MR) is 164 cm³/mol. The molecule has 0 bridgehead atoms. The molecule has 4 nitrogen and oxygen atoms in total. The van der Waals surface area contributed by atoms with Gasteiger partial charge in [0.2, 0.25) is 0 Å². The van der Waals surface area contributed by atoms with Crippen molar-refractivity contribution in [1.82, 2.24) is 0 Å². The lowest BCUT2D eigenvalue weighted by Crippen LogP contribution is -2.32. The molecule has 0 atom stereocenters. The Hall–Kier alpha value is -4.96. The molecular formula is C37H27NO3. The van der Waals surface area contributed by atoms with E-state index in [0.29, 0.717) is 0 Å². The van der Waals surface area contributed by atoms with Gasteiger partial charge in [0.25, 0.3) is 5.69 Å². The van der Waals surface area contributed by atoms with E-state index in [-0.39, 0.29) is 16.0 Å². The first-order valence-corrected chi connectivity index (χ1v) is 13.9. The molecule has 0 unspecified atom stereocenters. The molecule has 1 heterocycles. The van der Waals surface area contributed by atoms with Crippen LogP contribution in [0.1, 0.15) is 48.6 Å². The van der Waals surface area contributed by atoms with E-state index < -0.39 is 5.41 Å². The van der Waals surface area contributed by atoms with E-state index in [2.05, 4.69) is 87.5 Å². The van der Waals surface area contributed by atoms with Crippen LogP contribution in [0.15, 0.2) is 109 Å². The highest BCUT2D eigenvalue weighted by Crippen LogP contribution is 2.64. The number of non-ortho nitro benzene ring substituents is 1. The zero-order valence-corrected chi connectivity index (χ0v) is 23.1. The normalized spacial score (nSPS) is 14.3. The number of nitro benzene ring substituents is 1. The Balaban J connectivity index is 1.62. The van der Waals surface area contributed by atoms with Crippen LogP contribution in [0.2, 0.25) is 0 Å². The minimum absolute atomic E-state index is 0.0828. The largest absolute Gasteiger partial charge is 0.455 e. The van der Waals surface area contributed by atoms with E-state index in [0.717, 1.165) is 66.4 Å². The average molecular weight is 534 g/mol. The second-order valence-electron chi connectivity index (χ2n) is 12.2. The Morgan fingerprint density at radius 1 is 0.634 bits per heavy atom. The van der Waals surface area contributed by atoms with E-state index in [9.17, 15) is 10.1 Å². The smallest absolute Gasteiger partial charge is 0.269 e. The summed E-state index contributed by atoms with van der Waals surface area (Å²) in [4.78, 5) is 11.9. The number of hydrogen-bond acceptors (Lipinski definition) is 3. The van der Waals surface area contributed by atoms with E-state index in [1.807, 2.05) is 30.3 Å². The van der Waals surface area contributed by atoms with Gasteiger partial charge in [0.1, 0.15) is 11.5 Å². The molecule has 41 heavy (non-hydrogen) atoms. The highest BCUT2D eigenvalue weighted by molar-refractivity contribution is 6.00. The molecule has 198 valence electrons. The highest BCUT2D eigenvalue weighted by Gasteiger charge is 2.52. The van der Waals surface area contributed by atoms with Crippen molar-refractivity contribution >= 4 is 27.2 Å². The van der Waals surface area contributed by atoms with Gasteiger partial charge in [-0.1, -0.05) is 112 Å². The van der Waals surface area contributed by atoms with E-state index >= 15 is 0 Å². The Bertz CT molecular complexity index is 2020. The first-order valence-electron chi connectivity index (χ1n) is 13.9. The SMILES string of the molecule is CC(C)(C)c1ccc2c(c1)C1(c3cc([N+](=O)[O-])ccc3-2)c2ccc3ccccc3c2Oc2c1ccc1ccccc21. The Labute approximate surface area is 238 Å². The second kappa shape index (κ2) is 8.05. The molecule has 1 aliphatic heterocycles. The zero-order chi connectivity index (χ0) is 28.1. The van der Waals surface area contributed by atoms with Crippen LogP contribution in [0.5, 0.6) is 11.5 Å². The zero-order valence-electron chi connectivity index (χ0n) is 23.1. The predicted octanol–water partition coefficient (Wildman–Crippen LogP) is 9.67. The topological polar surface area (TPSA) is 52.4 Å². The van der Waals surface area contributed by atoms with Gasteiger partial charge >= 0.3 is 0 Å². The summed E-state index contributed by atoms with van der Waals surface area (Å²) in [5.41, 5.74) is 6.61. The summed E-state index contributed by atoms with van der Waals surface area (Å²) in [7, 11) is 0. The van der Waals surface area contributed by atoms with Crippen molar-refractivity contribution in [3.63, 3.8) is 0 Å². The van der Waals surface area contributed by atoms with Gasteiger partial charge in [0.15, 0.2) is 0 Å². The summed E-state index contributed by atoms with van der Waals surface area (Å²) in [6, 6.07) is 37.2. The number of nitro groups is 1. The molecule has 0 N–H and O–H groups in total. The van der Waals surface area contributed by atoms with Gasteiger partial charge in [-0.2, -0.15) is 0 Å². The summed E-state index contributed by atoms with van der Waals surface area (Å²) in [5, 5.41) is 16.4. The quantitative estimate of drug-likeness (QED) is 0.156. The highest BCUT2D eigenvalue weighted by atomic mass is 16.6. The fraction of sp³-hybridized carbons (Fsp3) is 0.135. The maximum absolute atomic E-state index is 12.2. The molecule has 0 saturated carbocycles. The molecule has 1 aliphatic carbocycles. The van der Waals surface area contributed by atoms with Crippen LogP contribution in [0.4, 0.5) is 5.69 Å². The van der Waals surface area contributed by atoms with Crippen LogP contribution in [-0.4, -0.2) is 4.92 Å². The van der Waals surface area contributed by atoms with Gasteiger partial charge < -0.3 is 4.74 Å². The maximum Gasteiger partial charge on any atom is 0.269 e. The van der Waals surface area contributed by atoms with E-state index in [4.69, 9.17) is 4.74 Å². The standard InChI is InChI=1S/C37H27NO3/c1-36(2,3)24-14-16-28-29-17-15-25(38(39)40)21-33(29)37(32(28)20-24)30-18-12-22-8-4-6-10-26(22)34(30)41-35-27-11-7-5-9-23(27)13-19-31(35)37/h4-21H,1-3H3. The molecule has 8 rings (SSSR count). The Kier molecular flexibility index (Phi) is 4.69. The third-order valence-electron chi connectivity index (χ3n) is 8.97. The second-order valence-corrected chi connectivity index (χ2v) is 12.2. The molecule has 4 heteroatoms. The van der Waals surface area contributed by atoms with Crippen molar-refractivity contribution in [3.8, 4) is 22.6 Å². The number of benzene rings is 6. The Morgan fingerprint density at radius 3 is 1.73 bits per heavy atom. The van der Waals surface area contributed by atoms with Crippen LogP contribution in [0.3, 0.4) is 0 Å². The average Bonchev–Trinajstić information content (AvgIpc) is 3.26. The summed E-state index contributed by atoms with van der Waals surface area (Å²) >= 11 is 0. The molecule has 0 aromatic heterocycles. The van der Waals surface area contributed by atoms with Crippen LogP contribution in [0, 0.1) is 10.1 Å². The molecular weight excluding hydrogens is 506 g/mol. The molecule has 1 spiro atoms. The van der Waals surface area contributed by atoms with Crippen LogP contribution >= 0.6 is 0 Å². The number of ether oxygens (including phenoxy) is 1. The minimum Gasteiger partial charge on any atom is -0.455 e. The monoisotopic (exact) mass is 533 g/mol. The summed E-state index contributed by atoms with van der Waals surface area (Å²) in [5.74, 6) is 1.61. The lowest BCUT2D eigenvalue weighted by atomic mass is 9.64. The fourth-order valence-corrected chi connectivity index (χ4v) is 7.02. The van der Waals surface area contributed by atoms with E-state index in [1.54, 1.807) is 12.1 Å². The fourth-order valence-electron chi connectivity index (χ4n) is 7.02. The summed E-state index contributed by atoms with van der Waals surface area (Å²) in [6.45, 7) is 6.67. The van der Waals surface area contributed by atoms with E-state index in [1.165, 1.54) is 5.56 Å². The molecule has 6 aromatic carbocycles. The number of nitrogens with zero attached hydrogens (tertiary/aromatic N) is 1. The van der Waals surface area contributed by atoms with Crippen molar-refractivity contribution in [2.24, 2.45) is 0 Å². The van der Waals surface area contributed by atoms with Gasteiger partial charge in [-0.15, -0.1) is 0 Å². The molecule has 0 fully saturated rings. The lowest BCUT2D eigenvalue weighted by molar-refractivity contribution is -0.384. The van der Waals surface area contributed by atoms with Crippen LogP contribution in [0.25, 0.3) is 32.7 Å². The summed E-state index contributed by atoms with van der Waals surface area (Å²) < 4.78 is 6.96. The molecule has 2 aliphatic rings. The third-order valence-corrected chi connectivity index (χ3v) is 8.97. The molecule has 0 radical (unpaired) electrons. The number of rotatable bonds is 1. The van der Waals surface area contributed by atoms with Gasteiger partial charge in [-0.3, -0.25) is 10.1 Å². The first kappa shape index (κ1) is 23.9. The minimum atomic E-state index is -0.797. The third kappa shape index (κ3) is 3.10. The first-order chi connectivity index (χ1) is 19.8. The van der Waals surface area contributed by atoms with Gasteiger partial charge in [-0.05, 0) is 50.1 Å². The van der Waals surface area contributed by atoms with Crippen LogP contribution in [-0.2, 0) is 10.8 Å². The van der Waals surface area contributed by atoms with Crippen molar-refractivity contribution in [2.75, 3.05) is 0 Å². The van der Waals surface area contributed by atoms with Gasteiger partial charge in [0, 0.05) is 34.0 Å². The number of fused-ring (bicyclic) bond motifs is 13. The summed E-state index contributed by atoms with van der Waals surface area (Å²) in [6.07, 6.45) is 0. The Morgan fingerprint density at radius 2 is 1.17 bits per heavy atom. The maximum atomic E-state index is 12.2. The molecule has 6 aromatic rings. The van der Waals surface area contributed by atoms with Crippen molar-refractivity contribution < 1.29 is 9.66 Å². The van der Waals surface area contributed by atoms with Crippen molar-refractivity contribution in [3.05, 3.63) is 147 Å². The van der Waals surface area contributed by atoms with Crippen molar-refractivity contribution in [2.45, 2.75) is 31.6 Å². The van der Waals surface area contributed by atoms with Gasteiger partial charge in [0.05, 0.1) is 10.3 Å². The molecule has 0 saturated heterocycles.